The van der Waals surface area contributed by atoms with Gasteiger partial charge >= 0.3 is 0 Å². The third-order valence-corrected chi connectivity index (χ3v) is 2.53. The Labute approximate surface area is 89.4 Å². The normalized spacial score (nSPS) is 11.6. The van der Waals surface area contributed by atoms with Crippen LogP contribution in [0.5, 0.6) is 0 Å². The lowest BCUT2D eigenvalue weighted by molar-refractivity contribution is 0.0944. The highest BCUT2D eigenvalue weighted by molar-refractivity contribution is 4.54. The van der Waals surface area contributed by atoms with Crippen molar-refractivity contribution in [3.63, 3.8) is 0 Å². The summed E-state index contributed by atoms with van der Waals surface area (Å²) in [6.07, 6.45) is 3.60. The van der Waals surface area contributed by atoms with E-state index < -0.39 is 0 Å². The summed E-state index contributed by atoms with van der Waals surface area (Å²) in [5.74, 6) is 0.757. The molecule has 86 valence electrons. The minimum absolute atomic E-state index is 0.592. The Hall–Kier alpha value is -0.0800. The van der Waals surface area contributed by atoms with Gasteiger partial charge in [0, 0.05) is 19.3 Å². The second kappa shape index (κ2) is 9.47. The molecule has 0 unspecified atom stereocenters. The van der Waals surface area contributed by atoms with E-state index in [4.69, 9.17) is 4.74 Å². The minimum atomic E-state index is 0.592. The van der Waals surface area contributed by atoms with Crippen molar-refractivity contribution in [2.24, 2.45) is 5.92 Å². The minimum Gasteiger partial charge on any atom is -0.381 e. The molecule has 0 atom stereocenters. The quantitative estimate of drug-likeness (QED) is 0.579. The van der Waals surface area contributed by atoms with E-state index >= 15 is 0 Å². The Balaban J connectivity index is 3.12. The second-order valence-electron chi connectivity index (χ2n) is 4.22. The zero-order valence-electron chi connectivity index (χ0n) is 10.3. The molecule has 0 fully saturated rings. The lowest BCUT2D eigenvalue weighted by Crippen LogP contribution is -2.24. The second-order valence-corrected chi connectivity index (χ2v) is 4.22. The van der Waals surface area contributed by atoms with Crippen LogP contribution in [-0.2, 0) is 4.74 Å². The van der Waals surface area contributed by atoms with Gasteiger partial charge in [0.25, 0.3) is 0 Å². The monoisotopic (exact) mass is 201 g/mol. The molecule has 2 heteroatoms. The molecule has 0 aliphatic carbocycles. The van der Waals surface area contributed by atoms with Crippen LogP contribution in [-0.4, -0.2) is 25.8 Å². The highest BCUT2D eigenvalue weighted by atomic mass is 16.5. The number of nitrogens with one attached hydrogen (secondary N) is 1. The van der Waals surface area contributed by atoms with Crippen LogP contribution in [0, 0.1) is 5.92 Å². The molecular weight excluding hydrogens is 174 g/mol. The molecule has 0 bridgehead atoms. The van der Waals surface area contributed by atoms with Crippen molar-refractivity contribution >= 4 is 0 Å². The van der Waals surface area contributed by atoms with Crippen molar-refractivity contribution in [1.29, 1.82) is 0 Å². The Kier molecular flexibility index (Phi) is 9.42. The van der Waals surface area contributed by atoms with Gasteiger partial charge in [-0.15, -0.1) is 0 Å². The standard InChI is InChI=1S/C12H27NO/c1-5-12(6-2)10-14-9-7-8-13-11(3)4/h11-13H,5-10H2,1-4H3. The summed E-state index contributed by atoms with van der Waals surface area (Å²) in [6.45, 7) is 11.7. The molecular formula is C12H27NO. The van der Waals surface area contributed by atoms with E-state index in [1.165, 1.54) is 12.8 Å². The van der Waals surface area contributed by atoms with Crippen LogP contribution in [0.1, 0.15) is 47.0 Å². The Bertz CT molecular complexity index is 111. The predicted molar refractivity (Wildman–Crippen MR) is 62.6 cm³/mol. The van der Waals surface area contributed by atoms with Crippen molar-refractivity contribution in [1.82, 2.24) is 5.32 Å². The van der Waals surface area contributed by atoms with Gasteiger partial charge in [-0.05, 0) is 18.9 Å². The van der Waals surface area contributed by atoms with Gasteiger partial charge in [0.15, 0.2) is 0 Å². The first-order valence-corrected chi connectivity index (χ1v) is 6.01. The highest BCUT2D eigenvalue weighted by Crippen LogP contribution is 2.07. The first-order valence-electron chi connectivity index (χ1n) is 6.01. The van der Waals surface area contributed by atoms with Crippen molar-refractivity contribution in [3.05, 3.63) is 0 Å². The maximum Gasteiger partial charge on any atom is 0.0494 e. The van der Waals surface area contributed by atoms with E-state index in [-0.39, 0.29) is 0 Å². The zero-order valence-corrected chi connectivity index (χ0v) is 10.3. The van der Waals surface area contributed by atoms with Crippen molar-refractivity contribution in [3.8, 4) is 0 Å². The van der Waals surface area contributed by atoms with Gasteiger partial charge in [-0.25, -0.2) is 0 Å². The summed E-state index contributed by atoms with van der Waals surface area (Å²) in [6, 6.07) is 0.592. The number of rotatable bonds is 9. The molecule has 0 spiro atoms. The van der Waals surface area contributed by atoms with E-state index in [9.17, 15) is 0 Å². The zero-order chi connectivity index (χ0) is 10.8. The smallest absolute Gasteiger partial charge is 0.0494 e. The van der Waals surface area contributed by atoms with E-state index in [2.05, 4.69) is 33.0 Å². The van der Waals surface area contributed by atoms with Crippen LogP contribution < -0.4 is 5.32 Å². The average molecular weight is 201 g/mol. The van der Waals surface area contributed by atoms with Crippen molar-refractivity contribution in [2.75, 3.05) is 19.8 Å². The lowest BCUT2D eigenvalue weighted by atomic mass is 10.1. The Morgan fingerprint density at radius 1 is 1.14 bits per heavy atom. The van der Waals surface area contributed by atoms with Gasteiger partial charge in [0.05, 0.1) is 0 Å². The molecule has 1 N–H and O–H groups in total. The predicted octanol–water partition coefficient (Wildman–Crippen LogP) is 2.83. The number of hydrogen-bond donors (Lipinski definition) is 1. The maximum absolute atomic E-state index is 5.62. The van der Waals surface area contributed by atoms with Crippen LogP contribution in [0.2, 0.25) is 0 Å². The van der Waals surface area contributed by atoms with Gasteiger partial charge in [-0.2, -0.15) is 0 Å². The van der Waals surface area contributed by atoms with Crippen LogP contribution in [0.25, 0.3) is 0 Å². The molecule has 0 aliphatic rings. The molecule has 0 saturated heterocycles. The molecule has 0 saturated carbocycles. The molecule has 0 aromatic rings. The van der Waals surface area contributed by atoms with Crippen LogP contribution in [0.15, 0.2) is 0 Å². The highest BCUT2D eigenvalue weighted by Gasteiger charge is 2.02. The molecule has 0 rings (SSSR count). The van der Waals surface area contributed by atoms with Crippen molar-refractivity contribution < 1.29 is 4.74 Å². The van der Waals surface area contributed by atoms with Gasteiger partial charge in [-0.1, -0.05) is 40.5 Å². The summed E-state index contributed by atoms with van der Waals surface area (Å²) < 4.78 is 5.62. The topological polar surface area (TPSA) is 21.3 Å². The lowest BCUT2D eigenvalue weighted by Gasteiger charge is -2.13. The fourth-order valence-corrected chi connectivity index (χ4v) is 1.34. The Morgan fingerprint density at radius 3 is 2.29 bits per heavy atom. The molecule has 0 amide bonds. The average Bonchev–Trinajstić information content (AvgIpc) is 2.16. The SMILES string of the molecule is CCC(CC)COCCCNC(C)C. The summed E-state index contributed by atoms with van der Waals surface area (Å²) in [4.78, 5) is 0. The van der Waals surface area contributed by atoms with Crippen molar-refractivity contribution in [2.45, 2.75) is 53.0 Å². The molecule has 0 aromatic carbocycles. The Morgan fingerprint density at radius 2 is 1.79 bits per heavy atom. The molecule has 14 heavy (non-hydrogen) atoms. The maximum atomic E-state index is 5.62. The fourth-order valence-electron chi connectivity index (χ4n) is 1.34. The molecule has 0 aromatic heterocycles. The summed E-state index contributed by atoms with van der Waals surface area (Å²) >= 11 is 0. The molecule has 0 heterocycles. The van der Waals surface area contributed by atoms with Gasteiger partial charge in [0.2, 0.25) is 0 Å². The van der Waals surface area contributed by atoms with E-state index in [0.717, 1.165) is 32.1 Å². The molecule has 2 nitrogen and oxygen atoms in total. The molecule has 0 aliphatic heterocycles. The van der Waals surface area contributed by atoms with Crippen LogP contribution >= 0.6 is 0 Å². The van der Waals surface area contributed by atoms with E-state index in [1.54, 1.807) is 0 Å². The van der Waals surface area contributed by atoms with E-state index in [0.29, 0.717) is 6.04 Å². The first-order chi connectivity index (χ1) is 6.70. The summed E-state index contributed by atoms with van der Waals surface area (Å²) in [5.41, 5.74) is 0. The largest absolute Gasteiger partial charge is 0.381 e. The summed E-state index contributed by atoms with van der Waals surface area (Å²) in [7, 11) is 0. The third kappa shape index (κ3) is 8.52. The third-order valence-electron chi connectivity index (χ3n) is 2.53. The summed E-state index contributed by atoms with van der Waals surface area (Å²) in [5, 5.41) is 3.38. The van der Waals surface area contributed by atoms with E-state index in [1.807, 2.05) is 0 Å². The first kappa shape index (κ1) is 13.9. The number of ether oxygens (including phenoxy) is 1. The molecule has 0 radical (unpaired) electrons. The van der Waals surface area contributed by atoms with Crippen LogP contribution in [0.3, 0.4) is 0 Å². The van der Waals surface area contributed by atoms with Gasteiger partial charge < -0.3 is 10.1 Å². The number of hydrogen-bond acceptors (Lipinski definition) is 2. The van der Waals surface area contributed by atoms with Gasteiger partial charge in [-0.3, -0.25) is 0 Å². The van der Waals surface area contributed by atoms with Crippen LogP contribution in [0.4, 0.5) is 0 Å². The fraction of sp³-hybridized carbons (Fsp3) is 1.00. The van der Waals surface area contributed by atoms with Gasteiger partial charge in [0.1, 0.15) is 0 Å².